The maximum atomic E-state index is 6.82. The minimum Gasteiger partial charge on any atom is -0.455 e. The van der Waals surface area contributed by atoms with Crippen LogP contribution in [0.25, 0.3) is 89.5 Å². The molecule has 0 unspecified atom stereocenters. The van der Waals surface area contributed by atoms with Crippen LogP contribution in [0.15, 0.2) is 180 Å². The lowest BCUT2D eigenvalue weighted by atomic mass is 9.93. The van der Waals surface area contributed by atoms with Gasteiger partial charge in [0.1, 0.15) is 11.2 Å². The van der Waals surface area contributed by atoms with E-state index in [1.807, 2.05) is 66.7 Å². The minimum atomic E-state index is 0.616. The predicted octanol–water partition coefficient (Wildman–Crippen LogP) is 11.8. The number of para-hydroxylation sites is 1. The van der Waals surface area contributed by atoms with E-state index in [0.29, 0.717) is 17.5 Å². The van der Waals surface area contributed by atoms with Gasteiger partial charge in [-0.15, -0.1) is 0 Å². The van der Waals surface area contributed by atoms with E-state index in [2.05, 4.69) is 109 Å². The monoisotopic (exact) mass is 627 g/mol. The number of fused-ring (bicyclic) bond motifs is 3. The highest BCUT2D eigenvalue weighted by molar-refractivity contribution is 6.16. The average molecular weight is 628 g/mol. The topological polar surface area (TPSA) is 51.8 Å². The Morgan fingerprint density at radius 2 is 0.816 bits per heavy atom. The molecule has 0 atom stereocenters. The Hall–Kier alpha value is -6.65. The Kier molecular flexibility index (Phi) is 7.10. The van der Waals surface area contributed by atoms with Crippen molar-refractivity contribution < 1.29 is 4.42 Å². The lowest BCUT2D eigenvalue weighted by molar-refractivity contribution is 0.670. The van der Waals surface area contributed by atoms with Crippen LogP contribution in [0.5, 0.6) is 0 Å². The van der Waals surface area contributed by atoms with Crippen LogP contribution in [0.2, 0.25) is 0 Å². The Bertz CT molecular complexity index is 2520. The highest BCUT2D eigenvalue weighted by atomic mass is 16.3. The average Bonchev–Trinajstić information content (AvgIpc) is 3.58. The van der Waals surface area contributed by atoms with E-state index < -0.39 is 0 Å². The minimum absolute atomic E-state index is 0.616. The summed E-state index contributed by atoms with van der Waals surface area (Å²) in [5.41, 5.74) is 11.1. The van der Waals surface area contributed by atoms with Crippen LogP contribution in [-0.2, 0) is 0 Å². The molecule has 0 bridgehead atoms. The first-order valence-corrected chi connectivity index (χ1v) is 16.4. The number of benzene rings is 7. The fourth-order valence-electron chi connectivity index (χ4n) is 6.56. The first-order valence-electron chi connectivity index (χ1n) is 16.4. The molecular weight excluding hydrogens is 599 g/mol. The molecule has 0 aliphatic rings. The van der Waals surface area contributed by atoms with Gasteiger partial charge in [0.05, 0.1) is 0 Å². The summed E-state index contributed by atoms with van der Waals surface area (Å²) in [5, 5.41) is 2.19. The third-order valence-electron chi connectivity index (χ3n) is 8.92. The zero-order valence-electron chi connectivity index (χ0n) is 26.5. The first kappa shape index (κ1) is 28.6. The van der Waals surface area contributed by atoms with Gasteiger partial charge in [-0.25, -0.2) is 15.0 Å². The normalized spacial score (nSPS) is 11.3. The molecule has 0 N–H and O–H groups in total. The number of furan rings is 1. The van der Waals surface area contributed by atoms with Crippen molar-refractivity contribution in [1.29, 1.82) is 0 Å². The summed E-state index contributed by atoms with van der Waals surface area (Å²) in [4.78, 5) is 14.8. The third-order valence-corrected chi connectivity index (χ3v) is 8.92. The summed E-state index contributed by atoms with van der Waals surface area (Å²) in [7, 11) is 0. The van der Waals surface area contributed by atoms with Gasteiger partial charge in [-0.3, -0.25) is 0 Å². The molecule has 2 heterocycles. The van der Waals surface area contributed by atoms with Crippen LogP contribution in [0.4, 0.5) is 0 Å². The molecule has 0 aliphatic heterocycles. The van der Waals surface area contributed by atoms with Gasteiger partial charge in [0, 0.05) is 33.0 Å². The zero-order chi connectivity index (χ0) is 32.6. The predicted molar refractivity (Wildman–Crippen MR) is 200 cm³/mol. The van der Waals surface area contributed by atoms with Crippen molar-refractivity contribution in [2.24, 2.45) is 0 Å². The highest BCUT2D eigenvalue weighted by Gasteiger charge is 2.19. The van der Waals surface area contributed by atoms with Crippen molar-refractivity contribution in [2.45, 2.75) is 0 Å². The van der Waals surface area contributed by atoms with Crippen LogP contribution >= 0.6 is 0 Å². The summed E-state index contributed by atoms with van der Waals surface area (Å²) >= 11 is 0. The van der Waals surface area contributed by atoms with Gasteiger partial charge in [-0.1, -0.05) is 158 Å². The van der Waals surface area contributed by atoms with E-state index >= 15 is 0 Å². The van der Waals surface area contributed by atoms with Crippen LogP contribution in [0, 0.1) is 0 Å². The van der Waals surface area contributed by atoms with E-state index in [-0.39, 0.29) is 0 Å². The maximum absolute atomic E-state index is 6.82. The lowest BCUT2D eigenvalue weighted by Gasteiger charge is -2.10. The van der Waals surface area contributed by atoms with E-state index in [9.17, 15) is 0 Å². The lowest BCUT2D eigenvalue weighted by Crippen LogP contribution is -2.00. The standard InChI is InChI=1S/C45H29N3O/c1-5-15-30(16-6-1)36-28-39(31-17-7-2-8-18-31)41-38-26-14-25-37(42(38)49-40(41)29-36)34-23-13-24-35(27-34)45-47-43(32-19-9-3-10-20-32)46-44(48-45)33-21-11-4-12-22-33/h1-29H. The van der Waals surface area contributed by atoms with Crippen molar-refractivity contribution in [1.82, 2.24) is 15.0 Å². The van der Waals surface area contributed by atoms with Crippen LogP contribution in [0.3, 0.4) is 0 Å². The number of aromatic nitrogens is 3. The second-order valence-electron chi connectivity index (χ2n) is 12.0. The maximum Gasteiger partial charge on any atom is 0.164 e. The molecule has 0 aliphatic carbocycles. The second-order valence-corrected chi connectivity index (χ2v) is 12.0. The van der Waals surface area contributed by atoms with Crippen molar-refractivity contribution in [3.8, 4) is 67.5 Å². The van der Waals surface area contributed by atoms with Gasteiger partial charge >= 0.3 is 0 Å². The fourth-order valence-corrected chi connectivity index (χ4v) is 6.56. The number of rotatable bonds is 6. The summed E-state index contributed by atoms with van der Waals surface area (Å²) in [6.45, 7) is 0. The molecule has 0 fully saturated rings. The molecule has 0 saturated heterocycles. The molecule has 0 saturated carbocycles. The first-order chi connectivity index (χ1) is 24.3. The molecule has 2 aromatic heterocycles. The summed E-state index contributed by atoms with van der Waals surface area (Å²) in [6.07, 6.45) is 0. The molecule has 9 aromatic rings. The largest absolute Gasteiger partial charge is 0.455 e. The Balaban J connectivity index is 1.22. The van der Waals surface area contributed by atoms with Gasteiger partial charge in [0.25, 0.3) is 0 Å². The Morgan fingerprint density at radius 1 is 0.327 bits per heavy atom. The molecule has 0 spiro atoms. The van der Waals surface area contributed by atoms with Gasteiger partial charge in [0.2, 0.25) is 0 Å². The number of hydrogen-bond acceptors (Lipinski definition) is 4. The van der Waals surface area contributed by atoms with Gasteiger partial charge in [-0.05, 0) is 46.0 Å². The van der Waals surface area contributed by atoms with Crippen molar-refractivity contribution in [3.63, 3.8) is 0 Å². The molecule has 7 aromatic carbocycles. The smallest absolute Gasteiger partial charge is 0.164 e. The SMILES string of the molecule is c1ccc(-c2cc(-c3ccccc3)c3c(c2)oc2c(-c4cccc(-c5nc(-c6ccccc6)nc(-c6ccccc6)n5)c4)cccc23)cc1. The van der Waals surface area contributed by atoms with Crippen molar-refractivity contribution in [2.75, 3.05) is 0 Å². The Labute approximate surface area is 284 Å². The zero-order valence-corrected chi connectivity index (χ0v) is 26.5. The van der Waals surface area contributed by atoms with Gasteiger partial charge in [-0.2, -0.15) is 0 Å². The molecule has 230 valence electrons. The van der Waals surface area contributed by atoms with Crippen molar-refractivity contribution >= 4 is 21.9 Å². The van der Waals surface area contributed by atoms with Crippen LogP contribution < -0.4 is 0 Å². The van der Waals surface area contributed by atoms with Gasteiger partial charge < -0.3 is 4.42 Å². The molecule has 0 radical (unpaired) electrons. The number of nitrogens with zero attached hydrogens (tertiary/aromatic N) is 3. The quantitative estimate of drug-likeness (QED) is 0.184. The fraction of sp³-hybridized carbons (Fsp3) is 0. The summed E-state index contributed by atoms with van der Waals surface area (Å²) < 4.78 is 6.82. The van der Waals surface area contributed by atoms with E-state index in [0.717, 1.165) is 72.0 Å². The third kappa shape index (κ3) is 5.35. The van der Waals surface area contributed by atoms with E-state index in [1.165, 1.54) is 0 Å². The Morgan fingerprint density at radius 3 is 1.43 bits per heavy atom. The molecule has 4 heteroatoms. The van der Waals surface area contributed by atoms with Gasteiger partial charge in [0.15, 0.2) is 17.5 Å². The van der Waals surface area contributed by atoms with Crippen LogP contribution in [0.1, 0.15) is 0 Å². The molecule has 49 heavy (non-hydrogen) atoms. The molecule has 4 nitrogen and oxygen atoms in total. The van der Waals surface area contributed by atoms with E-state index in [4.69, 9.17) is 19.4 Å². The molecule has 9 rings (SSSR count). The molecule has 0 amide bonds. The summed E-state index contributed by atoms with van der Waals surface area (Å²) in [6, 6.07) is 60.4. The van der Waals surface area contributed by atoms with Crippen LogP contribution in [-0.4, -0.2) is 15.0 Å². The number of hydrogen-bond donors (Lipinski definition) is 0. The summed E-state index contributed by atoms with van der Waals surface area (Å²) in [5.74, 6) is 1.89. The highest BCUT2D eigenvalue weighted by Crippen LogP contribution is 2.43. The van der Waals surface area contributed by atoms with E-state index in [1.54, 1.807) is 0 Å². The molecular formula is C45H29N3O. The van der Waals surface area contributed by atoms with Crippen molar-refractivity contribution in [3.05, 3.63) is 176 Å². The second kappa shape index (κ2) is 12.2.